The molecule has 0 aliphatic carbocycles. The Morgan fingerprint density at radius 1 is 0.955 bits per heavy atom. The highest BCUT2D eigenvalue weighted by atomic mass is 28.3. The Hall–Kier alpha value is -0.606. The van der Waals surface area contributed by atoms with E-state index in [2.05, 4.69) is 82.1 Å². The highest BCUT2D eigenvalue weighted by Gasteiger charge is 2.25. The molecule has 0 aliphatic heterocycles. The van der Waals surface area contributed by atoms with Crippen LogP contribution in [0.2, 0.25) is 44.3 Å². The van der Waals surface area contributed by atoms with E-state index >= 15 is 0 Å². The monoisotopic (exact) mass is 332 g/mol. The van der Waals surface area contributed by atoms with Crippen LogP contribution < -0.4 is 5.19 Å². The summed E-state index contributed by atoms with van der Waals surface area (Å²) < 4.78 is 0. The normalized spacial score (nSPS) is 14.5. The van der Waals surface area contributed by atoms with Crippen molar-refractivity contribution < 1.29 is 0 Å². The quantitative estimate of drug-likeness (QED) is 0.277. The first-order chi connectivity index (χ1) is 10.3. The van der Waals surface area contributed by atoms with Gasteiger partial charge in [0, 0.05) is 0 Å². The van der Waals surface area contributed by atoms with Gasteiger partial charge in [-0.3, -0.25) is 0 Å². The first-order valence-electron chi connectivity index (χ1n) is 8.99. The van der Waals surface area contributed by atoms with Gasteiger partial charge in [-0.1, -0.05) is 107 Å². The third kappa shape index (κ3) is 6.66. The standard InChI is InChI=1S/C20H36Si2/c1-7-8-10-14-19(21(2,3)4)17-13-18-22(5,6)20-15-11-9-12-16-20/h9,11-13,15-17,19H,7-8,10,14,18H2,1-6H3/b17-13+. The van der Waals surface area contributed by atoms with E-state index in [0.717, 1.165) is 5.54 Å². The molecule has 0 saturated carbocycles. The van der Waals surface area contributed by atoms with Crippen LogP contribution in [0.4, 0.5) is 0 Å². The number of hydrogen-bond donors (Lipinski definition) is 0. The number of allylic oxidation sites excluding steroid dienone is 2. The predicted molar refractivity (Wildman–Crippen MR) is 109 cm³/mol. The minimum Gasteiger partial charge on any atom is -0.0909 e. The first kappa shape index (κ1) is 19.4. The van der Waals surface area contributed by atoms with Crippen LogP contribution in [0.3, 0.4) is 0 Å². The van der Waals surface area contributed by atoms with Crippen molar-refractivity contribution in [3.05, 3.63) is 42.5 Å². The van der Waals surface area contributed by atoms with Gasteiger partial charge in [0.25, 0.3) is 0 Å². The Morgan fingerprint density at radius 3 is 2.14 bits per heavy atom. The summed E-state index contributed by atoms with van der Waals surface area (Å²) in [5.41, 5.74) is 0.847. The van der Waals surface area contributed by atoms with E-state index in [1.165, 1.54) is 31.7 Å². The molecule has 1 unspecified atom stereocenters. The van der Waals surface area contributed by atoms with Gasteiger partial charge in [0.1, 0.15) is 0 Å². The minimum atomic E-state index is -1.31. The van der Waals surface area contributed by atoms with Crippen LogP contribution in [-0.2, 0) is 0 Å². The van der Waals surface area contributed by atoms with E-state index in [1.54, 1.807) is 5.19 Å². The molecule has 0 N–H and O–H groups in total. The van der Waals surface area contributed by atoms with E-state index in [0.29, 0.717) is 0 Å². The summed E-state index contributed by atoms with van der Waals surface area (Å²) in [6.45, 7) is 14.9. The Morgan fingerprint density at radius 2 is 1.59 bits per heavy atom. The van der Waals surface area contributed by atoms with Crippen molar-refractivity contribution in [2.75, 3.05) is 0 Å². The average molecular weight is 333 g/mol. The lowest BCUT2D eigenvalue weighted by Gasteiger charge is -2.27. The van der Waals surface area contributed by atoms with Crippen molar-refractivity contribution in [1.82, 2.24) is 0 Å². The van der Waals surface area contributed by atoms with Crippen molar-refractivity contribution >= 4 is 21.3 Å². The molecule has 1 atom stereocenters. The van der Waals surface area contributed by atoms with Crippen LogP contribution in [0.15, 0.2) is 42.5 Å². The Kier molecular flexibility index (Phi) is 7.85. The molecule has 0 nitrogen and oxygen atoms in total. The van der Waals surface area contributed by atoms with Crippen LogP contribution in [0.25, 0.3) is 0 Å². The summed E-state index contributed by atoms with van der Waals surface area (Å²) >= 11 is 0. The zero-order valence-corrected chi connectivity index (χ0v) is 17.7. The van der Waals surface area contributed by atoms with Crippen molar-refractivity contribution in [3.63, 3.8) is 0 Å². The molecule has 0 fully saturated rings. The second-order valence-electron chi connectivity index (χ2n) is 8.35. The summed E-state index contributed by atoms with van der Waals surface area (Å²) in [5, 5.41) is 1.58. The maximum atomic E-state index is 2.58. The van der Waals surface area contributed by atoms with Gasteiger partial charge in [-0.15, -0.1) is 0 Å². The molecule has 1 aromatic carbocycles. The van der Waals surface area contributed by atoms with Gasteiger partial charge in [0.2, 0.25) is 0 Å². The average Bonchev–Trinajstić information content (AvgIpc) is 2.45. The summed E-state index contributed by atoms with van der Waals surface area (Å²) in [7, 11) is -2.40. The van der Waals surface area contributed by atoms with Crippen LogP contribution in [-0.4, -0.2) is 16.1 Å². The molecule has 0 saturated heterocycles. The maximum Gasteiger partial charge on any atom is 0.0843 e. The molecule has 0 heterocycles. The molecule has 0 spiro atoms. The molecule has 2 heteroatoms. The SMILES string of the molecule is CCCCCC(/C=C/C[Si](C)(C)c1ccccc1)[Si](C)(C)C. The van der Waals surface area contributed by atoms with E-state index in [-0.39, 0.29) is 0 Å². The molecule has 0 aliphatic rings. The lowest BCUT2D eigenvalue weighted by Crippen LogP contribution is -2.40. The van der Waals surface area contributed by atoms with Crippen molar-refractivity contribution in [3.8, 4) is 0 Å². The molecule has 1 rings (SSSR count). The fraction of sp³-hybridized carbons (Fsp3) is 0.600. The number of hydrogen-bond acceptors (Lipinski definition) is 0. The minimum absolute atomic E-state index is 0.847. The lowest BCUT2D eigenvalue weighted by molar-refractivity contribution is 0.665. The first-order valence-corrected chi connectivity index (χ1v) is 15.8. The smallest absolute Gasteiger partial charge is 0.0843 e. The second-order valence-corrected chi connectivity index (χ2v) is 18.6. The number of rotatable bonds is 9. The molecule has 22 heavy (non-hydrogen) atoms. The van der Waals surface area contributed by atoms with Gasteiger partial charge >= 0.3 is 0 Å². The van der Waals surface area contributed by atoms with E-state index in [1.807, 2.05) is 0 Å². The molecular formula is C20H36Si2. The van der Waals surface area contributed by atoms with E-state index in [9.17, 15) is 0 Å². The number of benzene rings is 1. The van der Waals surface area contributed by atoms with Crippen molar-refractivity contribution in [2.24, 2.45) is 0 Å². The van der Waals surface area contributed by atoms with Gasteiger partial charge < -0.3 is 0 Å². The molecule has 0 aromatic heterocycles. The van der Waals surface area contributed by atoms with Crippen molar-refractivity contribution in [2.45, 2.75) is 76.9 Å². The summed E-state index contributed by atoms with van der Waals surface area (Å²) in [4.78, 5) is 0. The van der Waals surface area contributed by atoms with Crippen LogP contribution >= 0.6 is 0 Å². The van der Waals surface area contributed by atoms with E-state index < -0.39 is 16.1 Å². The fourth-order valence-corrected chi connectivity index (χ4v) is 6.81. The summed E-state index contributed by atoms with van der Waals surface area (Å²) in [5.74, 6) is 0. The fourth-order valence-electron chi connectivity index (χ4n) is 2.97. The third-order valence-corrected chi connectivity index (χ3v) is 10.6. The van der Waals surface area contributed by atoms with Gasteiger partial charge in [-0.2, -0.15) is 0 Å². The highest BCUT2D eigenvalue weighted by Crippen LogP contribution is 2.29. The largest absolute Gasteiger partial charge is 0.0909 e. The lowest BCUT2D eigenvalue weighted by atomic mass is 10.1. The van der Waals surface area contributed by atoms with Crippen LogP contribution in [0, 0.1) is 0 Å². The molecule has 124 valence electrons. The molecule has 0 radical (unpaired) electrons. The molecule has 0 bridgehead atoms. The second kappa shape index (κ2) is 8.88. The van der Waals surface area contributed by atoms with Crippen LogP contribution in [0.1, 0.15) is 32.6 Å². The Bertz CT molecular complexity index is 441. The van der Waals surface area contributed by atoms with Crippen molar-refractivity contribution in [1.29, 1.82) is 0 Å². The van der Waals surface area contributed by atoms with Gasteiger partial charge in [0.05, 0.1) is 16.1 Å². The molecule has 1 aromatic rings. The molecular weight excluding hydrogens is 296 g/mol. The third-order valence-electron chi connectivity index (χ3n) is 4.78. The van der Waals surface area contributed by atoms with E-state index in [4.69, 9.17) is 0 Å². The molecule has 0 amide bonds. The predicted octanol–water partition coefficient (Wildman–Crippen LogP) is 6.45. The van der Waals surface area contributed by atoms with Gasteiger partial charge in [-0.05, 0) is 18.0 Å². The Balaban J connectivity index is 2.67. The topological polar surface area (TPSA) is 0 Å². The van der Waals surface area contributed by atoms with Gasteiger partial charge in [0.15, 0.2) is 0 Å². The zero-order valence-electron chi connectivity index (χ0n) is 15.7. The van der Waals surface area contributed by atoms with Crippen LogP contribution in [0.5, 0.6) is 0 Å². The summed E-state index contributed by atoms with van der Waals surface area (Å²) in [6, 6.07) is 12.4. The Labute approximate surface area is 141 Å². The summed E-state index contributed by atoms with van der Waals surface area (Å²) in [6.07, 6.45) is 10.6. The zero-order chi connectivity index (χ0) is 16.6. The van der Waals surface area contributed by atoms with Gasteiger partial charge in [-0.25, -0.2) is 0 Å². The maximum absolute atomic E-state index is 2.58. The highest BCUT2D eigenvalue weighted by molar-refractivity contribution is 6.90. The number of unbranched alkanes of at least 4 members (excludes halogenated alkanes) is 2.